The SMILES string of the molecule is CC#C[C@H](O)[C@@H](O)[C@@H]1C=CCCN1C(=O)OCC. The topological polar surface area (TPSA) is 70.0 Å². The van der Waals surface area contributed by atoms with Gasteiger partial charge < -0.3 is 14.9 Å². The van der Waals surface area contributed by atoms with Crippen LogP contribution in [0.2, 0.25) is 0 Å². The lowest BCUT2D eigenvalue weighted by Crippen LogP contribution is -2.51. The second kappa shape index (κ2) is 7.04. The summed E-state index contributed by atoms with van der Waals surface area (Å²) in [5.74, 6) is 5.01. The molecule has 3 atom stereocenters. The zero-order valence-corrected chi connectivity index (χ0v) is 10.7. The molecule has 18 heavy (non-hydrogen) atoms. The second-order valence-electron chi connectivity index (χ2n) is 3.93. The fourth-order valence-electron chi connectivity index (χ4n) is 1.84. The van der Waals surface area contributed by atoms with Gasteiger partial charge in [0.1, 0.15) is 12.2 Å². The van der Waals surface area contributed by atoms with Gasteiger partial charge in [-0.2, -0.15) is 0 Å². The van der Waals surface area contributed by atoms with Crippen LogP contribution in [0.15, 0.2) is 12.2 Å². The molecule has 100 valence electrons. The summed E-state index contributed by atoms with van der Waals surface area (Å²) in [5, 5.41) is 19.7. The van der Waals surface area contributed by atoms with Crippen molar-refractivity contribution in [1.29, 1.82) is 0 Å². The monoisotopic (exact) mass is 253 g/mol. The van der Waals surface area contributed by atoms with Crippen molar-refractivity contribution in [2.45, 2.75) is 38.5 Å². The highest BCUT2D eigenvalue weighted by Gasteiger charge is 2.33. The summed E-state index contributed by atoms with van der Waals surface area (Å²) >= 11 is 0. The predicted molar refractivity (Wildman–Crippen MR) is 66.7 cm³/mol. The molecule has 0 radical (unpaired) electrons. The number of ether oxygens (including phenoxy) is 1. The molecule has 0 aliphatic carbocycles. The molecule has 0 fully saturated rings. The third kappa shape index (κ3) is 3.49. The molecular formula is C13H19NO4. The van der Waals surface area contributed by atoms with Crippen LogP contribution in [0.25, 0.3) is 0 Å². The van der Waals surface area contributed by atoms with Gasteiger partial charge in [0.05, 0.1) is 12.6 Å². The van der Waals surface area contributed by atoms with Crippen molar-refractivity contribution >= 4 is 6.09 Å². The summed E-state index contributed by atoms with van der Waals surface area (Å²) in [6.07, 6.45) is 1.47. The average molecular weight is 253 g/mol. The van der Waals surface area contributed by atoms with Gasteiger partial charge in [0.2, 0.25) is 0 Å². The Morgan fingerprint density at radius 3 is 2.94 bits per heavy atom. The molecule has 0 saturated heterocycles. The van der Waals surface area contributed by atoms with Crippen molar-refractivity contribution in [3.8, 4) is 11.8 Å². The molecule has 1 amide bonds. The lowest BCUT2D eigenvalue weighted by atomic mass is 10.0. The predicted octanol–water partition coefficient (Wildman–Crippen LogP) is 0.518. The lowest BCUT2D eigenvalue weighted by molar-refractivity contribution is -0.00200. The minimum Gasteiger partial charge on any atom is -0.450 e. The molecule has 0 aromatic carbocycles. The average Bonchev–Trinajstić information content (AvgIpc) is 2.38. The lowest BCUT2D eigenvalue weighted by Gasteiger charge is -2.35. The van der Waals surface area contributed by atoms with Gasteiger partial charge in [-0.3, -0.25) is 4.90 Å². The van der Waals surface area contributed by atoms with Crippen LogP contribution in [0.1, 0.15) is 20.3 Å². The smallest absolute Gasteiger partial charge is 0.410 e. The Balaban J connectivity index is 2.80. The standard InChI is InChI=1S/C13H19NO4/c1-3-7-11(15)12(16)10-8-5-6-9-14(10)13(17)18-4-2/h5,8,10-12,15-16H,4,6,9H2,1-2H3/t10-,11-,12-/m0/s1. The van der Waals surface area contributed by atoms with Crippen LogP contribution in [0.3, 0.4) is 0 Å². The first-order valence-electron chi connectivity index (χ1n) is 6.00. The number of carbonyl (C=O) groups is 1. The molecule has 0 spiro atoms. The van der Waals surface area contributed by atoms with E-state index in [-0.39, 0.29) is 6.61 Å². The van der Waals surface area contributed by atoms with Crippen molar-refractivity contribution in [1.82, 2.24) is 4.90 Å². The summed E-state index contributed by atoms with van der Waals surface area (Å²) < 4.78 is 4.93. The first kappa shape index (κ1) is 14.6. The Morgan fingerprint density at radius 1 is 1.61 bits per heavy atom. The van der Waals surface area contributed by atoms with E-state index in [2.05, 4.69) is 11.8 Å². The van der Waals surface area contributed by atoms with Crippen molar-refractivity contribution in [2.75, 3.05) is 13.2 Å². The third-order valence-corrected chi connectivity index (χ3v) is 2.70. The van der Waals surface area contributed by atoms with E-state index in [1.165, 1.54) is 4.90 Å². The van der Waals surface area contributed by atoms with Crippen LogP contribution < -0.4 is 0 Å². The highest BCUT2D eigenvalue weighted by atomic mass is 16.6. The van der Waals surface area contributed by atoms with Gasteiger partial charge in [-0.25, -0.2) is 4.79 Å². The minimum absolute atomic E-state index is 0.277. The maximum Gasteiger partial charge on any atom is 0.410 e. The normalized spacial score (nSPS) is 21.8. The first-order chi connectivity index (χ1) is 8.61. The summed E-state index contributed by atoms with van der Waals surface area (Å²) in [6.45, 7) is 4.04. The zero-order chi connectivity index (χ0) is 13.5. The van der Waals surface area contributed by atoms with Crippen LogP contribution in [0.4, 0.5) is 4.79 Å². The van der Waals surface area contributed by atoms with Crippen LogP contribution in [-0.2, 0) is 4.74 Å². The second-order valence-corrected chi connectivity index (χ2v) is 3.93. The number of rotatable bonds is 3. The van der Waals surface area contributed by atoms with Crippen molar-refractivity contribution in [2.24, 2.45) is 0 Å². The Bertz CT molecular complexity index is 369. The van der Waals surface area contributed by atoms with E-state index in [1.54, 1.807) is 19.9 Å². The summed E-state index contributed by atoms with van der Waals surface area (Å²) in [7, 11) is 0. The van der Waals surface area contributed by atoms with Gasteiger partial charge in [-0.15, -0.1) is 5.92 Å². The number of hydrogen-bond donors (Lipinski definition) is 2. The van der Waals surface area contributed by atoms with Gasteiger partial charge in [0.25, 0.3) is 0 Å². The van der Waals surface area contributed by atoms with Gasteiger partial charge in [0, 0.05) is 6.54 Å². The first-order valence-corrected chi connectivity index (χ1v) is 6.00. The Morgan fingerprint density at radius 2 is 2.33 bits per heavy atom. The Kier molecular flexibility index (Phi) is 5.69. The van der Waals surface area contributed by atoms with Crippen molar-refractivity contribution < 1.29 is 19.7 Å². The van der Waals surface area contributed by atoms with E-state index < -0.39 is 24.3 Å². The number of hydrogen-bond acceptors (Lipinski definition) is 4. The van der Waals surface area contributed by atoms with Crippen molar-refractivity contribution in [3.63, 3.8) is 0 Å². The number of nitrogens with zero attached hydrogens (tertiary/aromatic N) is 1. The molecule has 0 unspecified atom stereocenters. The van der Waals surface area contributed by atoms with E-state index in [0.29, 0.717) is 13.0 Å². The minimum atomic E-state index is -1.18. The highest BCUT2D eigenvalue weighted by Crippen LogP contribution is 2.17. The Hall–Kier alpha value is -1.51. The van der Waals surface area contributed by atoms with Crippen LogP contribution in [0.5, 0.6) is 0 Å². The molecule has 0 saturated carbocycles. The molecule has 0 aromatic heterocycles. The molecule has 1 aliphatic heterocycles. The van der Waals surface area contributed by atoms with Crippen molar-refractivity contribution in [3.05, 3.63) is 12.2 Å². The quantitative estimate of drug-likeness (QED) is 0.568. The highest BCUT2D eigenvalue weighted by molar-refractivity contribution is 5.68. The van der Waals surface area contributed by atoms with Gasteiger partial charge >= 0.3 is 6.09 Å². The largest absolute Gasteiger partial charge is 0.450 e. The van der Waals surface area contributed by atoms with Crippen LogP contribution >= 0.6 is 0 Å². The third-order valence-electron chi connectivity index (χ3n) is 2.70. The summed E-state index contributed by atoms with van der Waals surface area (Å²) in [5.41, 5.74) is 0. The molecule has 1 heterocycles. The maximum atomic E-state index is 11.7. The van der Waals surface area contributed by atoms with Crippen LogP contribution in [-0.4, -0.2) is 52.6 Å². The molecule has 1 aliphatic rings. The molecule has 2 N–H and O–H groups in total. The zero-order valence-electron chi connectivity index (χ0n) is 10.7. The molecule has 0 aromatic rings. The number of aliphatic hydroxyl groups is 2. The van der Waals surface area contributed by atoms with E-state index in [1.807, 2.05) is 6.08 Å². The van der Waals surface area contributed by atoms with Gasteiger partial charge in [-0.1, -0.05) is 18.1 Å². The molecule has 0 bridgehead atoms. The number of aliphatic hydroxyl groups excluding tert-OH is 2. The maximum absolute atomic E-state index is 11.7. The van der Waals surface area contributed by atoms with Gasteiger partial charge in [0.15, 0.2) is 0 Å². The fraction of sp³-hybridized carbons (Fsp3) is 0.615. The number of amides is 1. The van der Waals surface area contributed by atoms with E-state index in [9.17, 15) is 15.0 Å². The van der Waals surface area contributed by atoms with Gasteiger partial charge in [-0.05, 0) is 20.3 Å². The van der Waals surface area contributed by atoms with E-state index >= 15 is 0 Å². The molecular weight excluding hydrogens is 234 g/mol. The van der Waals surface area contributed by atoms with Crippen LogP contribution in [0, 0.1) is 11.8 Å². The number of carbonyl (C=O) groups excluding carboxylic acids is 1. The van der Waals surface area contributed by atoms with E-state index in [4.69, 9.17) is 4.74 Å². The Labute approximate surface area is 107 Å². The molecule has 5 heteroatoms. The summed E-state index contributed by atoms with van der Waals surface area (Å²) in [4.78, 5) is 13.1. The molecule has 5 nitrogen and oxygen atoms in total. The molecule has 1 rings (SSSR count). The van der Waals surface area contributed by atoms with E-state index in [0.717, 1.165) is 0 Å². The fourth-order valence-corrected chi connectivity index (χ4v) is 1.84. The summed E-state index contributed by atoms with van der Waals surface area (Å²) in [6, 6.07) is -0.603.